The number of hydrogen-bond acceptors (Lipinski definition) is 21. The van der Waals surface area contributed by atoms with Crippen molar-refractivity contribution in [3.05, 3.63) is 312 Å². The minimum atomic E-state index is -4.46. The van der Waals surface area contributed by atoms with Gasteiger partial charge in [-0.05, 0) is 295 Å². The molecule has 18 rings (SSSR count). The number of aromatic nitrogens is 12. The fourth-order valence-electron chi connectivity index (χ4n) is 15.0. The number of halogens is 3. The van der Waals surface area contributed by atoms with Crippen LogP contribution in [0.1, 0.15) is 110 Å². The number of ether oxygens (including phenoxy) is 1. The number of pyridine rings is 4. The molecule has 0 saturated carbocycles. The van der Waals surface area contributed by atoms with Gasteiger partial charge in [0.05, 0.1) is 5.56 Å². The summed E-state index contributed by atoms with van der Waals surface area (Å²) in [5.74, 6) is 1.31. The van der Waals surface area contributed by atoms with Crippen LogP contribution in [0, 0.1) is 20.8 Å². The normalized spacial score (nSPS) is 13.0. The lowest BCUT2D eigenvalue weighted by molar-refractivity contribution is -0.137. The fourth-order valence-corrected chi connectivity index (χ4v) is 15.0. The standard InChI is InChI=1S/C27H27F3N6O3.C26H28N6O.C25H26N6O.C24H26N6O/c1-26(2,3)39-25(38)32-14-13-31-23(37)17-9-11-20(12-10-17)33-24-34-22-21(8-5-15-36(22)35-24)18-6-4-7-19(16-18)27(28,29)30;1-18-5-7-19(8-6-18)23-4-3-15-32-24(23)29-26(30-32)28-21-11-9-20(10-12-21)25(33)27-22-13-16-31(2)17-14-22;1-17-4-6-18(7-5-17)22-3-2-16-31-23(22)29-25(30-31)28-20-10-8-19(9-11-20)24(32)27-21-12-14-26-15-13-21;1-17-6-8-18(9-7-17)21-5-4-15-30-22(21)27-24(28-30)26-20-12-10-19(11-13-20)23(31)25-14-16-29(2)3/h4-12,15-16H,13-14H2,1-3H3,(H,31,37)(H,32,38)(H,33,35);3-12,15,22H,13-14,16-17H2,1-2H3,(H,27,33)(H,28,30);2-11,16,21,26H,12-15H2,1H3,(H,27,32)(H,28,30);4-13,15H,14,16H2,1-3H3,(H,25,31)(H,26,28). The first-order valence-corrected chi connectivity index (χ1v) is 44.6. The topological polar surface area (TPSA) is 342 Å². The van der Waals surface area contributed by atoms with E-state index in [1.165, 1.54) is 27.3 Å². The van der Waals surface area contributed by atoms with Gasteiger partial charge in [-0.1, -0.05) is 102 Å². The molecule has 0 radical (unpaired) electrons. The molecule has 16 aromatic rings. The Bertz CT molecular complexity index is 6770. The first-order chi connectivity index (χ1) is 65.1. The number of fused-ring (bicyclic) bond motifs is 4. The molecule has 30 nitrogen and oxygen atoms in total. The minimum Gasteiger partial charge on any atom is -0.444 e. The van der Waals surface area contributed by atoms with Crippen molar-refractivity contribution in [3.63, 3.8) is 0 Å². The number of benzene rings is 8. The van der Waals surface area contributed by atoms with Gasteiger partial charge in [-0.2, -0.15) is 33.1 Å². The van der Waals surface area contributed by atoms with E-state index < -0.39 is 23.4 Å². The second kappa shape index (κ2) is 43.1. The summed E-state index contributed by atoms with van der Waals surface area (Å²) < 4.78 is 51.5. The first-order valence-electron chi connectivity index (χ1n) is 44.6. The van der Waals surface area contributed by atoms with Gasteiger partial charge in [0, 0.05) is 130 Å². The van der Waals surface area contributed by atoms with Gasteiger partial charge < -0.3 is 67.7 Å². The molecule has 0 unspecified atom stereocenters. The van der Waals surface area contributed by atoms with Gasteiger partial charge in [-0.3, -0.25) is 19.2 Å². The Hall–Kier alpha value is -15.7. The van der Waals surface area contributed by atoms with Gasteiger partial charge >= 0.3 is 12.3 Å². The molecule has 10 N–H and O–H groups in total. The lowest BCUT2D eigenvalue weighted by Crippen LogP contribution is -2.43. The first kappa shape index (κ1) is 93.9. The number of piperidine rings is 2. The van der Waals surface area contributed by atoms with Crippen LogP contribution in [-0.2, 0) is 10.9 Å². The molecule has 2 aliphatic heterocycles. The highest BCUT2D eigenvalue weighted by molar-refractivity contribution is 5.97. The van der Waals surface area contributed by atoms with E-state index in [0.29, 0.717) is 69.1 Å². The van der Waals surface area contributed by atoms with Crippen molar-refractivity contribution in [1.29, 1.82) is 0 Å². The number of carbonyl (C=O) groups is 5. The highest BCUT2D eigenvalue weighted by atomic mass is 19.4. The van der Waals surface area contributed by atoms with Gasteiger partial charge in [-0.15, -0.1) is 20.4 Å². The maximum Gasteiger partial charge on any atom is 0.416 e. The highest BCUT2D eigenvalue weighted by Gasteiger charge is 2.31. The van der Waals surface area contributed by atoms with Crippen LogP contribution in [0.15, 0.2) is 267 Å². The summed E-state index contributed by atoms with van der Waals surface area (Å²) >= 11 is 0. The van der Waals surface area contributed by atoms with Gasteiger partial charge in [-0.25, -0.2) is 22.9 Å². The van der Waals surface area contributed by atoms with Crippen molar-refractivity contribution in [3.8, 4) is 44.5 Å². The summed E-state index contributed by atoms with van der Waals surface area (Å²) in [5, 5.41) is 48.6. The van der Waals surface area contributed by atoms with E-state index in [4.69, 9.17) is 14.7 Å². The maximum absolute atomic E-state index is 13.2. The number of likely N-dealkylation sites (tertiary alicyclic amines) is 1. The average Bonchev–Trinajstić information content (AvgIpc) is 1.71. The molecule has 2 fully saturated rings. The van der Waals surface area contributed by atoms with E-state index >= 15 is 0 Å². The molecule has 0 spiro atoms. The van der Waals surface area contributed by atoms with Gasteiger partial charge in [0.15, 0.2) is 22.6 Å². The number of rotatable bonds is 24. The summed E-state index contributed by atoms with van der Waals surface area (Å²) in [4.78, 5) is 84.2. The third-order valence-electron chi connectivity index (χ3n) is 22.3. The van der Waals surface area contributed by atoms with Crippen molar-refractivity contribution >= 4 is 98.9 Å². The largest absolute Gasteiger partial charge is 0.444 e. The highest BCUT2D eigenvalue weighted by Crippen LogP contribution is 2.35. The second-order valence-corrected chi connectivity index (χ2v) is 34.3. The van der Waals surface area contributed by atoms with Crippen LogP contribution in [0.5, 0.6) is 0 Å². The molecule has 8 aromatic heterocycles. The molecule has 5 amide bonds. The zero-order chi connectivity index (χ0) is 94.7. The molecule has 33 heteroatoms. The van der Waals surface area contributed by atoms with E-state index in [0.717, 1.165) is 138 Å². The van der Waals surface area contributed by atoms with Crippen LogP contribution < -0.4 is 53.2 Å². The summed E-state index contributed by atoms with van der Waals surface area (Å²) in [6, 6.07) is 74.8. The number of alkyl carbamates (subject to hydrolysis) is 1. The van der Waals surface area contributed by atoms with E-state index in [1.54, 1.807) is 95.1 Å². The number of nitrogens with zero attached hydrogens (tertiary/aromatic N) is 14. The van der Waals surface area contributed by atoms with Crippen LogP contribution >= 0.6 is 0 Å². The molecule has 2 aliphatic rings. The molecule has 0 atom stereocenters. The zero-order valence-electron chi connectivity index (χ0n) is 76.4. The van der Waals surface area contributed by atoms with Crippen LogP contribution in [0.4, 0.5) is 64.5 Å². The molecular formula is C102H107F3N24O6. The predicted octanol–water partition coefficient (Wildman–Crippen LogP) is 17.4. The molecule has 2 saturated heterocycles. The number of amides is 5. The van der Waals surface area contributed by atoms with E-state index in [9.17, 15) is 37.1 Å². The van der Waals surface area contributed by atoms with Crippen molar-refractivity contribution in [2.75, 3.05) is 94.8 Å². The minimum absolute atomic E-state index is 0.0234. The van der Waals surface area contributed by atoms with Gasteiger partial charge in [0.25, 0.3) is 23.6 Å². The third-order valence-corrected chi connectivity index (χ3v) is 22.3. The molecule has 135 heavy (non-hydrogen) atoms. The molecule has 692 valence electrons. The van der Waals surface area contributed by atoms with Gasteiger partial charge in [0.2, 0.25) is 23.8 Å². The smallest absolute Gasteiger partial charge is 0.416 e. The Balaban J connectivity index is 0.000000138. The van der Waals surface area contributed by atoms with Gasteiger partial charge in [0.1, 0.15) is 5.60 Å². The number of carbonyl (C=O) groups excluding carboxylic acids is 5. The summed E-state index contributed by atoms with van der Waals surface area (Å²) in [6.45, 7) is 17.3. The molecule has 8 aromatic carbocycles. The van der Waals surface area contributed by atoms with E-state index in [-0.39, 0.29) is 54.8 Å². The lowest BCUT2D eigenvalue weighted by Gasteiger charge is -2.29. The SMILES string of the molecule is CC(C)(C)OC(=O)NCCNC(=O)c1ccc(Nc2nc3c(-c4cccc(C(F)(F)F)c4)cccn3n2)cc1.Cc1ccc(-c2cccn3nc(Nc4ccc(C(=O)NC5CCN(C)CC5)cc4)nc23)cc1.Cc1ccc(-c2cccn3nc(Nc4ccc(C(=O)NC5CCNCC5)cc4)nc23)cc1.Cc1ccc(-c2cccn3nc(Nc4ccc(C(=O)NCCN(C)C)cc4)nc23)cc1. The molecule has 10 heterocycles. The Morgan fingerprint density at radius 1 is 0.400 bits per heavy atom. The quantitative estimate of drug-likeness (QED) is 0.0251. The van der Waals surface area contributed by atoms with Crippen LogP contribution in [0.2, 0.25) is 0 Å². The maximum atomic E-state index is 13.2. The number of likely N-dealkylation sites (N-methyl/N-ethyl adjacent to an activating group) is 1. The van der Waals surface area contributed by atoms with Crippen molar-refractivity contribution in [2.24, 2.45) is 0 Å². The molecule has 0 bridgehead atoms. The predicted molar refractivity (Wildman–Crippen MR) is 521 cm³/mol. The number of anilines is 8. The Labute approximate surface area is 779 Å². The van der Waals surface area contributed by atoms with E-state index in [2.05, 4.69) is 195 Å². The average molecular weight is 1820 g/mol. The third kappa shape index (κ3) is 25.5. The fraction of sp³-hybridized carbons (Fsp3) is 0.245. The number of nitrogens with one attached hydrogen (secondary N) is 10. The monoisotopic (exact) mass is 1820 g/mol. The number of aryl methyl sites for hydroxylation is 3. The van der Waals surface area contributed by atoms with Crippen LogP contribution in [0.25, 0.3) is 67.1 Å². The van der Waals surface area contributed by atoms with Crippen molar-refractivity contribution in [1.82, 2.24) is 100 Å². The van der Waals surface area contributed by atoms with Crippen molar-refractivity contribution < 1.29 is 41.9 Å². The van der Waals surface area contributed by atoms with Crippen LogP contribution in [0.3, 0.4) is 0 Å². The Kier molecular flexibility index (Phi) is 30.0. The lowest BCUT2D eigenvalue weighted by atomic mass is 10.0. The summed E-state index contributed by atoms with van der Waals surface area (Å²) in [6.07, 6.45) is 6.21. The Morgan fingerprint density at radius 3 is 1.07 bits per heavy atom. The number of alkyl halides is 3. The van der Waals surface area contributed by atoms with Crippen LogP contribution in [-0.4, -0.2) is 189 Å². The van der Waals surface area contributed by atoms with Crippen molar-refractivity contribution in [2.45, 2.75) is 91.1 Å². The summed E-state index contributed by atoms with van der Waals surface area (Å²) in [7, 11) is 6.07. The zero-order valence-corrected chi connectivity index (χ0v) is 76.4. The van der Waals surface area contributed by atoms with E-state index in [1.807, 2.05) is 129 Å². The summed E-state index contributed by atoms with van der Waals surface area (Å²) in [5.41, 5.74) is 17.7. The number of hydrogen-bond donors (Lipinski definition) is 10. The second-order valence-electron chi connectivity index (χ2n) is 34.3. The Morgan fingerprint density at radius 2 is 0.726 bits per heavy atom. The molecular weight excluding hydrogens is 1710 g/mol. The molecule has 0 aliphatic carbocycles.